The first-order chi connectivity index (χ1) is 6.26. The van der Waals surface area contributed by atoms with Gasteiger partial charge in [0.15, 0.2) is 0 Å². The van der Waals surface area contributed by atoms with Crippen LogP contribution in [-0.2, 0) is 4.79 Å². The van der Waals surface area contributed by atoms with Crippen LogP contribution >= 0.6 is 0 Å². The Bertz CT molecular complexity index is 147. The fourth-order valence-electron chi connectivity index (χ4n) is 2.62. The molecule has 1 aliphatic carbocycles. The van der Waals surface area contributed by atoms with E-state index in [2.05, 4.69) is 13.8 Å². The molecule has 1 rings (SSSR count). The van der Waals surface area contributed by atoms with Crippen LogP contribution in [0.5, 0.6) is 0 Å². The predicted octanol–water partition coefficient (Wildman–Crippen LogP) is 3.57. The summed E-state index contributed by atoms with van der Waals surface area (Å²) >= 11 is 0. The van der Waals surface area contributed by atoms with Crippen molar-refractivity contribution in [2.24, 2.45) is 11.8 Å². The van der Waals surface area contributed by atoms with Gasteiger partial charge in [-0.25, -0.2) is 0 Å². The van der Waals surface area contributed by atoms with Crippen molar-refractivity contribution < 1.29 is 4.79 Å². The van der Waals surface area contributed by atoms with Gasteiger partial charge in [0.25, 0.3) is 0 Å². The molecule has 2 unspecified atom stereocenters. The maximum absolute atomic E-state index is 11.4. The quantitative estimate of drug-likeness (QED) is 0.649. The number of ketones is 1. The lowest BCUT2D eigenvalue weighted by atomic mass is 9.77. The van der Waals surface area contributed by atoms with Gasteiger partial charge >= 0.3 is 0 Å². The summed E-state index contributed by atoms with van der Waals surface area (Å²) in [7, 11) is 0. The van der Waals surface area contributed by atoms with E-state index in [-0.39, 0.29) is 0 Å². The Morgan fingerprint density at radius 1 is 1.08 bits per heavy atom. The summed E-state index contributed by atoms with van der Waals surface area (Å²) in [6.07, 6.45) is 8.03. The molecule has 0 heterocycles. The summed E-state index contributed by atoms with van der Waals surface area (Å²) in [5.74, 6) is 1.94. The van der Waals surface area contributed by atoms with Crippen LogP contribution in [0.3, 0.4) is 0 Å². The molecule has 0 spiro atoms. The third-order valence-electron chi connectivity index (χ3n) is 3.09. The molecule has 1 heteroatoms. The molecular weight excluding hydrogens is 160 g/mol. The second-order valence-corrected chi connectivity index (χ2v) is 4.49. The first-order valence-electron chi connectivity index (χ1n) is 5.77. The predicted molar refractivity (Wildman–Crippen MR) is 55.7 cm³/mol. The zero-order valence-electron chi connectivity index (χ0n) is 9.01. The third-order valence-corrected chi connectivity index (χ3v) is 3.09. The zero-order valence-corrected chi connectivity index (χ0v) is 9.01. The fraction of sp³-hybridized carbons (Fsp3) is 0.917. The number of rotatable bonds is 4. The van der Waals surface area contributed by atoms with Crippen molar-refractivity contribution in [3.05, 3.63) is 0 Å². The van der Waals surface area contributed by atoms with Gasteiger partial charge in [-0.3, -0.25) is 4.79 Å². The molecule has 0 saturated heterocycles. The number of hydrogen-bond acceptors (Lipinski definition) is 1. The average Bonchev–Trinajstić information content (AvgIpc) is 2.04. The first-order valence-corrected chi connectivity index (χ1v) is 5.77. The van der Waals surface area contributed by atoms with Gasteiger partial charge in [0.2, 0.25) is 0 Å². The lowest BCUT2D eigenvalue weighted by molar-refractivity contribution is -0.123. The van der Waals surface area contributed by atoms with Crippen molar-refractivity contribution in [1.29, 1.82) is 0 Å². The summed E-state index contributed by atoms with van der Waals surface area (Å²) in [6.45, 7) is 4.43. The molecule has 0 bridgehead atoms. The van der Waals surface area contributed by atoms with Gasteiger partial charge in [-0.05, 0) is 18.3 Å². The van der Waals surface area contributed by atoms with Crippen LogP contribution in [0.1, 0.15) is 58.8 Å². The SMILES string of the molecule is CCCC1CC(=O)CC(CCC)C1. The Balaban J connectivity index is 2.37. The van der Waals surface area contributed by atoms with E-state index in [1.165, 1.54) is 32.1 Å². The molecule has 2 atom stereocenters. The molecule has 0 aromatic rings. The number of hydrogen-bond donors (Lipinski definition) is 0. The van der Waals surface area contributed by atoms with Gasteiger partial charge in [0.05, 0.1) is 0 Å². The molecule has 0 radical (unpaired) electrons. The highest BCUT2D eigenvalue weighted by atomic mass is 16.1. The van der Waals surface area contributed by atoms with Gasteiger partial charge in [-0.15, -0.1) is 0 Å². The Kier molecular flexibility index (Phi) is 4.47. The Morgan fingerprint density at radius 3 is 1.92 bits per heavy atom. The second-order valence-electron chi connectivity index (χ2n) is 4.49. The largest absolute Gasteiger partial charge is 0.300 e. The molecule has 1 saturated carbocycles. The molecular formula is C12H22O. The Labute approximate surface area is 81.9 Å². The summed E-state index contributed by atoms with van der Waals surface area (Å²) in [5.41, 5.74) is 0. The minimum absolute atomic E-state index is 0.517. The highest BCUT2D eigenvalue weighted by molar-refractivity contribution is 5.79. The Hall–Kier alpha value is -0.330. The first kappa shape index (κ1) is 10.7. The van der Waals surface area contributed by atoms with E-state index in [1.54, 1.807) is 0 Å². The number of Topliss-reactive ketones (excluding diaryl/α,β-unsaturated/α-hetero) is 1. The topological polar surface area (TPSA) is 17.1 Å². The van der Waals surface area contributed by atoms with Crippen molar-refractivity contribution in [2.75, 3.05) is 0 Å². The van der Waals surface area contributed by atoms with Gasteiger partial charge in [0, 0.05) is 12.8 Å². The molecule has 1 nitrogen and oxygen atoms in total. The molecule has 0 N–H and O–H groups in total. The average molecular weight is 182 g/mol. The van der Waals surface area contributed by atoms with Gasteiger partial charge in [-0.1, -0.05) is 39.5 Å². The lowest BCUT2D eigenvalue weighted by Gasteiger charge is -2.27. The second kappa shape index (κ2) is 5.41. The number of carbonyl (C=O) groups excluding carboxylic acids is 1. The standard InChI is InChI=1S/C12H22O/c1-3-5-10-7-11(6-4-2)9-12(13)8-10/h10-11H,3-9H2,1-2H3. The molecule has 0 aromatic heterocycles. The van der Waals surface area contributed by atoms with Crippen LogP contribution in [0.15, 0.2) is 0 Å². The maximum atomic E-state index is 11.4. The van der Waals surface area contributed by atoms with Crippen LogP contribution in [0.4, 0.5) is 0 Å². The summed E-state index contributed by atoms with van der Waals surface area (Å²) < 4.78 is 0. The van der Waals surface area contributed by atoms with Gasteiger partial charge < -0.3 is 0 Å². The molecule has 13 heavy (non-hydrogen) atoms. The van der Waals surface area contributed by atoms with Crippen molar-refractivity contribution in [3.63, 3.8) is 0 Å². The normalized spacial score (nSPS) is 29.2. The van der Waals surface area contributed by atoms with Crippen LogP contribution in [0.25, 0.3) is 0 Å². The van der Waals surface area contributed by atoms with Crippen molar-refractivity contribution in [2.45, 2.75) is 58.8 Å². The molecule has 0 aromatic carbocycles. The minimum Gasteiger partial charge on any atom is -0.300 e. The highest BCUT2D eigenvalue weighted by Gasteiger charge is 2.25. The van der Waals surface area contributed by atoms with Crippen molar-refractivity contribution in [1.82, 2.24) is 0 Å². The van der Waals surface area contributed by atoms with Crippen molar-refractivity contribution in [3.8, 4) is 0 Å². The van der Waals surface area contributed by atoms with Crippen LogP contribution in [0.2, 0.25) is 0 Å². The zero-order chi connectivity index (χ0) is 9.68. The molecule has 0 amide bonds. The van der Waals surface area contributed by atoms with Crippen LogP contribution in [-0.4, -0.2) is 5.78 Å². The Morgan fingerprint density at radius 2 is 1.54 bits per heavy atom. The molecule has 0 aliphatic heterocycles. The molecule has 1 aliphatic rings. The van der Waals surface area contributed by atoms with Crippen LogP contribution in [0, 0.1) is 11.8 Å². The van der Waals surface area contributed by atoms with Gasteiger partial charge in [0.1, 0.15) is 5.78 Å². The minimum atomic E-state index is 0.517. The molecule has 1 fully saturated rings. The van der Waals surface area contributed by atoms with Crippen LogP contribution < -0.4 is 0 Å². The van der Waals surface area contributed by atoms with Crippen molar-refractivity contribution >= 4 is 5.78 Å². The monoisotopic (exact) mass is 182 g/mol. The maximum Gasteiger partial charge on any atom is 0.133 e. The van der Waals surface area contributed by atoms with E-state index in [4.69, 9.17) is 0 Å². The smallest absolute Gasteiger partial charge is 0.133 e. The summed E-state index contributed by atoms with van der Waals surface area (Å²) in [5, 5.41) is 0. The van der Waals surface area contributed by atoms with E-state index in [9.17, 15) is 4.79 Å². The highest BCUT2D eigenvalue weighted by Crippen LogP contribution is 2.32. The fourth-order valence-corrected chi connectivity index (χ4v) is 2.62. The molecule has 76 valence electrons. The van der Waals surface area contributed by atoms with E-state index >= 15 is 0 Å². The van der Waals surface area contributed by atoms with E-state index in [0.29, 0.717) is 17.6 Å². The van der Waals surface area contributed by atoms with E-state index in [1.807, 2.05) is 0 Å². The summed E-state index contributed by atoms with van der Waals surface area (Å²) in [6, 6.07) is 0. The lowest BCUT2D eigenvalue weighted by Crippen LogP contribution is -2.22. The number of carbonyl (C=O) groups is 1. The third kappa shape index (κ3) is 3.50. The van der Waals surface area contributed by atoms with E-state index in [0.717, 1.165) is 12.8 Å². The summed E-state index contributed by atoms with van der Waals surface area (Å²) in [4.78, 5) is 11.4. The van der Waals surface area contributed by atoms with E-state index < -0.39 is 0 Å². The van der Waals surface area contributed by atoms with Gasteiger partial charge in [-0.2, -0.15) is 0 Å².